The van der Waals surface area contributed by atoms with Crippen molar-refractivity contribution in [1.29, 1.82) is 0 Å². The summed E-state index contributed by atoms with van der Waals surface area (Å²) >= 11 is 0. The van der Waals surface area contributed by atoms with Crippen LogP contribution in [0.2, 0.25) is 0 Å². The van der Waals surface area contributed by atoms with Crippen LogP contribution < -0.4 is 5.32 Å². The number of carbonyl (C=O) groups is 1. The molecule has 0 saturated heterocycles. The Balaban J connectivity index is 1.81. The standard InChI is InChI=1S/C15H18N2O2/c18-9-7-13(10-4-5-10)17-15(19)12-3-1-2-11-6-8-16-14(11)12/h1-3,6,8,10,13,16,18H,4-5,7,9H2,(H,17,19). The van der Waals surface area contributed by atoms with Crippen LogP contribution in [0.1, 0.15) is 29.6 Å². The molecule has 0 spiro atoms. The fraction of sp³-hybridized carbons (Fsp3) is 0.400. The normalized spacial score (nSPS) is 16.5. The Hall–Kier alpha value is -1.81. The molecule has 0 bridgehead atoms. The van der Waals surface area contributed by atoms with E-state index in [0.29, 0.717) is 17.9 Å². The lowest BCUT2D eigenvalue weighted by Crippen LogP contribution is -2.37. The third-order valence-corrected chi connectivity index (χ3v) is 3.78. The van der Waals surface area contributed by atoms with Gasteiger partial charge >= 0.3 is 0 Å². The summed E-state index contributed by atoms with van der Waals surface area (Å²) in [5.41, 5.74) is 1.55. The van der Waals surface area contributed by atoms with Crippen molar-refractivity contribution in [1.82, 2.24) is 10.3 Å². The van der Waals surface area contributed by atoms with E-state index in [9.17, 15) is 4.79 Å². The molecule has 1 aromatic carbocycles. The van der Waals surface area contributed by atoms with Crippen LogP contribution in [0.25, 0.3) is 10.9 Å². The minimum atomic E-state index is -0.0570. The molecule has 1 atom stereocenters. The molecule has 1 saturated carbocycles. The Bertz CT molecular complexity index is 587. The number of para-hydroxylation sites is 1. The maximum absolute atomic E-state index is 12.4. The predicted molar refractivity (Wildman–Crippen MR) is 74.0 cm³/mol. The van der Waals surface area contributed by atoms with Gasteiger partial charge in [0, 0.05) is 24.2 Å². The summed E-state index contributed by atoms with van der Waals surface area (Å²) in [4.78, 5) is 15.5. The van der Waals surface area contributed by atoms with Gasteiger partial charge in [-0.25, -0.2) is 0 Å². The lowest BCUT2D eigenvalue weighted by atomic mass is 10.1. The minimum absolute atomic E-state index is 0.0570. The molecule has 3 N–H and O–H groups in total. The van der Waals surface area contributed by atoms with Gasteiger partial charge in [0.05, 0.1) is 11.1 Å². The number of rotatable bonds is 5. The van der Waals surface area contributed by atoms with Crippen LogP contribution in [0, 0.1) is 5.92 Å². The first-order chi connectivity index (χ1) is 9.29. The Morgan fingerprint density at radius 2 is 2.26 bits per heavy atom. The Morgan fingerprint density at radius 3 is 3.00 bits per heavy atom. The van der Waals surface area contributed by atoms with Crippen molar-refractivity contribution >= 4 is 16.8 Å². The second kappa shape index (κ2) is 5.05. The SMILES string of the molecule is O=C(NC(CCO)C1CC1)c1cccc2cc[nH]c12. The maximum Gasteiger partial charge on any atom is 0.253 e. The second-order valence-corrected chi connectivity index (χ2v) is 5.18. The Kier molecular flexibility index (Phi) is 3.25. The minimum Gasteiger partial charge on any atom is -0.396 e. The average Bonchev–Trinajstić information content (AvgIpc) is 3.15. The molecule has 1 heterocycles. The zero-order valence-electron chi connectivity index (χ0n) is 10.7. The van der Waals surface area contributed by atoms with E-state index in [1.165, 1.54) is 0 Å². The number of aliphatic hydroxyl groups is 1. The Labute approximate surface area is 111 Å². The molecule has 4 heteroatoms. The van der Waals surface area contributed by atoms with Crippen LogP contribution in [0.5, 0.6) is 0 Å². The fourth-order valence-electron chi connectivity index (χ4n) is 2.58. The van der Waals surface area contributed by atoms with Crippen LogP contribution >= 0.6 is 0 Å². The topological polar surface area (TPSA) is 65.1 Å². The molecule has 1 fully saturated rings. The molecular formula is C15H18N2O2. The number of fused-ring (bicyclic) bond motifs is 1. The fourth-order valence-corrected chi connectivity index (χ4v) is 2.58. The molecule has 4 nitrogen and oxygen atoms in total. The molecule has 1 unspecified atom stereocenters. The van der Waals surface area contributed by atoms with Crippen molar-refractivity contribution in [3.05, 3.63) is 36.0 Å². The van der Waals surface area contributed by atoms with Gasteiger partial charge in [0.25, 0.3) is 5.91 Å². The van der Waals surface area contributed by atoms with Crippen molar-refractivity contribution in [3.63, 3.8) is 0 Å². The van der Waals surface area contributed by atoms with Gasteiger partial charge in [-0.2, -0.15) is 0 Å². The van der Waals surface area contributed by atoms with E-state index in [2.05, 4.69) is 10.3 Å². The Morgan fingerprint density at radius 1 is 1.42 bits per heavy atom. The van der Waals surface area contributed by atoms with Gasteiger partial charge < -0.3 is 15.4 Å². The number of benzene rings is 1. The number of nitrogens with one attached hydrogen (secondary N) is 2. The average molecular weight is 258 g/mol. The van der Waals surface area contributed by atoms with Crippen molar-refractivity contribution < 1.29 is 9.90 Å². The van der Waals surface area contributed by atoms with E-state index in [0.717, 1.165) is 23.7 Å². The molecule has 1 amide bonds. The first-order valence-corrected chi connectivity index (χ1v) is 6.77. The number of H-pyrrole nitrogens is 1. The van der Waals surface area contributed by atoms with Gasteiger partial charge in [0.15, 0.2) is 0 Å². The molecule has 100 valence electrons. The summed E-state index contributed by atoms with van der Waals surface area (Å²) in [6.07, 6.45) is 4.78. The van der Waals surface area contributed by atoms with Gasteiger partial charge in [-0.3, -0.25) is 4.79 Å². The summed E-state index contributed by atoms with van der Waals surface area (Å²) in [5.74, 6) is 0.484. The highest BCUT2D eigenvalue weighted by atomic mass is 16.3. The molecule has 1 aliphatic rings. The zero-order chi connectivity index (χ0) is 13.2. The molecule has 1 aliphatic carbocycles. The third kappa shape index (κ3) is 2.49. The smallest absolute Gasteiger partial charge is 0.253 e. The van der Waals surface area contributed by atoms with Crippen molar-refractivity contribution in [3.8, 4) is 0 Å². The highest BCUT2D eigenvalue weighted by Crippen LogP contribution is 2.34. The molecular weight excluding hydrogens is 240 g/mol. The number of aromatic nitrogens is 1. The van der Waals surface area contributed by atoms with E-state index in [-0.39, 0.29) is 18.6 Å². The summed E-state index contributed by atoms with van der Waals surface area (Å²) < 4.78 is 0. The van der Waals surface area contributed by atoms with Gasteiger partial charge in [0.1, 0.15) is 0 Å². The highest BCUT2D eigenvalue weighted by molar-refractivity contribution is 6.05. The van der Waals surface area contributed by atoms with E-state index in [1.807, 2.05) is 30.5 Å². The zero-order valence-corrected chi connectivity index (χ0v) is 10.7. The summed E-state index contributed by atoms with van der Waals surface area (Å²) in [5, 5.41) is 13.2. The molecule has 2 aromatic rings. The van der Waals surface area contributed by atoms with E-state index in [4.69, 9.17) is 5.11 Å². The molecule has 0 radical (unpaired) electrons. The van der Waals surface area contributed by atoms with Crippen LogP contribution in [0.3, 0.4) is 0 Å². The number of amides is 1. The van der Waals surface area contributed by atoms with Crippen LogP contribution in [0.4, 0.5) is 0 Å². The highest BCUT2D eigenvalue weighted by Gasteiger charge is 2.32. The first-order valence-electron chi connectivity index (χ1n) is 6.77. The lowest BCUT2D eigenvalue weighted by molar-refractivity contribution is 0.0926. The lowest BCUT2D eigenvalue weighted by Gasteiger charge is -2.17. The quantitative estimate of drug-likeness (QED) is 0.768. The third-order valence-electron chi connectivity index (χ3n) is 3.78. The largest absolute Gasteiger partial charge is 0.396 e. The number of hydrogen-bond donors (Lipinski definition) is 3. The van der Waals surface area contributed by atoms with Gasteiger partial charge in [-0.1, -0.05) is 12.1 Å². The number of hydrogen-bond acceptors (Lipinski definition) is 2. The molecule has 3 rings (SSSR count). The number of aliphatic hydroxyl groups excluding tert-OH is 1. The molecule has 0 aliphatic heterocycles. The summed E-state index contributed by atoms with van der Waals surface area (Å²) in [7, 11) is 0. The van der Waals surface area contributed by atoms with Gasteiger partial charge in [-0.15, -0.1) is 0 Å². The van der Waals surface area contributed by atoms with Crippen molar-refractivity contribution in [2.45, 2.75) is 25.3 Å². The van der Waals surface area contributed by atoms with Crippen LogP contribution in [-0.4, -0.2) is 28.6 Å². The number of aromatic amines is 1. The van der Waals surface area contributed by atoms with Gasteiger partial charge in [0.2, 0.25) is 0 Å². The molecule has 19 heavy (non-hydrogen) atoms. The predicted octanol–water partition coefficient (Wildman–Crippen LogP) is 2.06. The van der Waals surface area contributed by atoms with Crippen molar-refractivity contribution in [2.24, 2.45) is 5.92 Å². The monoisotopic (exact) mass is 258 g/mol. The van der Waals surface area contributed by atoms with Crippen LogP contribution in [-0.2, 0) is 0 Å². The van der Waals surface area contributed by atoms with Crippen molar-refractivity contribution in [2.75, 3.05) is 6.61 Å². The van der Waals surface area contributed by atoms with Gasteiger partial charge in [-0.05, 0) is 37.3 Å². The maximum atomic E-state index is 12.4. The summed E-state index contributed by atoms with van der Waals surface area (Å²) in [6, 6.07) is 7.76. The van der Waals surface area contributed by atoms with E-state index in [1.54, 1.807) is 0 Å². The summed E-state index contributed by atoms with van der Waals surface area (Å²) in [6.45, 7) is 0.119. The first kappa shape index (κ1) is 12.2. The molecule has 1 aromatic heterocycles. The number of carbonyl (C=O) groups excluding carboxylic acids is 1. The second-order valence-electron chi connectivity index (χ2n) is 5.18. The van der Waals surface area contributed by atoms with Crippen LogP contribution in [0.15, 0.2) is 30.5 Å². The van der Waals surface area contributed by atoms with E-state index < -0.39 is 0 Å². The van der Waals surface area contributed by atoms with E-state index >= 15 is 0 Å².